The number of rotatable bonds is 2. The first kappa shape index (κ1) is 8.81. The van der Waals surface area contributed by atoms with Gasteiger partial charge in [0, 0.05) is 18.8 Å². The van der Waals surface area contributed by atoms with Crippen molar-refractivity contribution in [1.82, 2.24) is 0 Å². The number of carboxylic acid groups (broad SMARTS) is 1. The molecule has 64 valence electrons. The molecular formula is C7H12ClNO2. The first-order valence-electron chi connectivity index (χ1n) is 3.76. The van der Waals surface area contributed by atoms with Gasteiger partial charge in [0.2, 0.25) is 0 Å². The van der Waals surface area contributed by atoms with Crippen LogP contribution in [0.15, 0.2) is 0 Å². The maximum absolute atomic E-state index is 10.4. The van der Waals surface area contributed by atoms with Crippen LogP contribution in [0.5, 0.6) is 0 Å². The second-order valence-corrected chi connectivity index (χ2v) is 3.65. The van der Waals surface area contributed by atoms with Gasteiger partial charge in [0.05, 0.1) is 6.54 Å². The summed E-state index contributed by atoms with van der Waals surface area (Å²) in [6, 6.07) is 0. The van der Waals surface area contributed by atoms with Crippen LogP contribution in [0.2, 0.25) is 0 Å². The lowest BCUT2D eigenvalue weighted by atomic mass is 9.72. The molecule has 3 fully saturated rings. The lowest BCUT2D eigenvalue weighted by Gasteiger charge is -2.31. The van der Waals surface area contributed by atoms with Crippen LogP contribution in [-0.2, 0) is 4.79 Å². The van der Waals surface area contributed by atoms with Crippen molar-refractivity contribution in [2.24, 2.45) is 5.92 Å². The molecule has 1 saturated carbocycles. The minimum atomic E-state index is -0.642. The van der Waals surface area contributed by atoms with Crippen LogP contribution in [0.25, 0.3) is 0 Å². The van der Waals surface area contributed by atoms with Crippen molar-refractivity contribution in [2.45, 2.75) is 24.8 Å². The zero-order valence-electron chi connectivity index (χ0n) is 6.22. The largest absolute Gasteiger partial charge is 1.00 e. The predicted octanol–water partition coefficient (Wildman–Crippen LogP) is -3.81. The van der Waals surface area contributed by atoms with Gasteiger partial charge in [0.25, 0.3) is 0 Å². The number of quaternary nitrogens is 1. The number of hydrogen-bond acceptors (Lipinski definition) is 1. The topological polar surface area (TPSA) is 53.9 Å². The Morgan fingerprint density at radius 2 is 2.27 bits per heavy atom. The molecule has 3 rings (SSSR count). The molecule has 11 heavy (non-hydrogen) atoms. The third-order valence-corrected chi connectivity index (χ3v) is 2.78. The highest BCUT2D eigenvalue weighted by atomic mass is 35.5. The van der Waals surface area contributed by atoms with Gasteiger partial charge in [-0.25, -0.2) is 0 Å². The standard InChI is InChI=1S/C7H11NO2.ClH/c9-6(10)3-7-1-5(2-7)4-8-7;/h5,8H,1-4H2,(H,9,10);1H. The summed E-state index contributed by atoms with van der Waals surface area (Å²) >= 11 is 0. The van der Waals surface area contributed by atoms with Crippen molar-refractivity contribution < 1.29 is 27.6 Å². The molecule has 2 bridgehead atoms. The molecular weight excluding hydrogens is 166 g/mol. The van der Waals surface area contributed by atoms with E-state index in [1.165, 1.54) is 0 Å². The summed E-state index contributed by atoms with van der Waals surface area (Å²) in [7, 11) is 0. The molecule has 0 amide bonds. The number of halogens is 1. The lowest BCUT2D eigenvalue weighted by Crippen LogP contribution is -3.00. The second-order valence-electron chi connectivity index (χ2n) is 3.65. The third-order valence-electron chi connectivity index (χ3n) is 2.78. The maximum Gasteiger partial charge on any atom is 0.309 e. The Kier molecular flexibility index (Phi) is 2.12. The van der Waals surface area contributed by atoms with Crippen LogP contribution in [-0.4, -0.2) is 23.2 Å². The molecule has 0 aromatic carbocycles. The molecule has 0 atom stereocenters. The van der Waals surface area contributed by atoms with Crippen molar-refractivity contribution in [3.8, 4) is 0 Å². The monoisotopic (exact) mass is 177 g/mol. The third kappa shape index (κ3) is 1.35. The molecule has 2 aliphatic heterocycles. The Labute approximate surface area is 71.6 Å². The summed E-state index contributed by atoms with van der Waals surface area (Å²) in [6.07, 6.45) is 2.64. The van der Waals surface area contributed by atoms with Gasteiger partial charge in [-0.15, -0.1) is 0 Å². The minimum Gasteiger partial charge on any atom is -1.00 e. The molecule has 0 unspecified atom stereocenters. The van der Waals surface area contributed by atoms with E-state index in [0.29, 0.717) is 6.42 Å². The van der Waals surface area contributed by atoms with E-state index in [-0.39, 0.29) is 17.9 Å². The first-order valence-corrected chi connectivity index (χ1v) is 3.76. The summed E-state index contributed by atoms with van der Waals surface area (Å²) < 4.78 is 0. The normalized spacial score (nSPS) is 39.1. The number of nitrogens with two attached hydrogens (primary N) is 1. The number of carbonyl (C=O) groups is 1. The Morgan fingerprint density at radius 1 is 1.64 bits per heavy atom. The van der Waals surface area contributed by atoms with Gasteiger partial charge in [-0.05, 0) is 0 Å². The minimum absolute atomic E-state index is 0. The number of hydrogen-bond donors (Lipinski definition) is 2. The fraction of sp³-hybridized carbons (Fsp3) is 0.857. The molecule has 3 N–H and O–H groups in total. The van der Waals surface area contributed by atoms with Crippen LogP contribution in [0.1, 0.15) is 19.3 Å². The Balaban J connectivity index is 0.000000605. The quantitative estimate of drug-likeness (QED) is 0.455. The summed E-state index contributed by atoms with van der Waals surface area (Å²) in [5, 5.41) is 10.8. The summed E-state index contributed by atoms with van der Waals surface area (Å²) in [5.41, 5.74) is 0.135. The van der Waals surface area contributed by atoms with E-state index in [4.69, 9.17) is 5.11 Å². The van der Waals surface area contributed by atoms with E-state index < -0.39 is 5.97 Å². The summed E-state index contributed by atoms with van der Waals surface area (Å²) in [4.78, 5) is 10.4. The number of aliphatic carboxylic acids is 1. The highest BCUT2D eigenvalue weighted by Crippen LogP contribution is 2.40. The Hall–Kier alpha value is -0.280. The molecule has 0 aromatic heterocycles. The zero-order chi connectivity index (χ0) is 7.19. The molecule has 2 heterocycles. The van der Waals surface area contributed by atoms with Crippen LogP contribution < -0.4 is 17.7 Å². The molecule has 3 aliphatic rings. The van der Waals surface area contributed by atoms with Crippen molar-refractivity contribution in [3.63, 3.8) is 0 Å². The zero-order valence-corrected chi connectivity index (χ0v) is 6.97. The van der Waals surface area contributed by atoms with Gasteiger partial charge in [-0.1, -0.05) is 0 Å². The van der Waals surface area contributed by atoms with E-state index in [0.717, 1.165) is 25.3 Å². The number of fused-ring (bicyclic) bond motifs is 1. The van der Waals surface area contributed by atoms with E-state index in [9.17, 15) is 4.79 Å². The SMILES string of the molecule is O=C(O)CC12CC(C[NH2+]1)C2.[Cl-]. The van der Waals surface area contributed by atoms with Crippen LogP contribution in [0, 0.1) is 5.92 Å². The molecule has 0 spiro atoms. The first-order chi connectivity index (χ1) is 4.70. The van der Waals surface area contributed by atoms with Crippen molar-refractivity contribution in [2.75, 3.05) is 6.54 Å². The van der Waals surface area contributed by atoms with Crippen molar-refractivity contribution in [1.29, 1.82) is 0 Å². The molecule has 2 saturated heterocycles. The highest BCUT2D eigenvalue weighted by Gasteiger charge is 2.55. The van der Waals surface area contributed by atoms with E-state index in [1.807, 2.05) is 0 Å². The summed E-state index contributed by atoms with van der Waals surface area (Å²) in [6.45, 7) is 1.16. The Bertz CT molecular complexity index is 172. The number of carboxylic acids is 1. The van der Waals surface area contributed by atoms with Gasteiger partial charge >= 0.3 is 5.97 Å². The van der Waals surface area contributed by atoms with Gasteiger partial charge in [-0.2, -0.15) is 0 Å². The van der Waals surface area contributed by atoms with Gasteiger partial charge in [0.15, 0.2) is 0 Å². The smallest absolute Gasteiger partial charge is 0.309 e. The Morgan fingerprint density at radius 3 is 2.64 bits per heavy atom. The second kappa shape index (κ2) is 2.64. The van der Waals surface area contributed by atoms with Crippen LogP contribution in [0.4, 0.5) is 0 Å². The highest BCUT2D eigenvalue weighted by molar-refractivity contribution is 5.68. The van der Waals surface area contributed by atoms with Crippen molar-refractivity contribution in [3.05, 3.63) is 0 Å². The van der Waals surface area contributed by atoms with Gasteiger partial charge in [-0.3, -0.25) is 4.79 Å². The molecule has 4 heteroatoms. The van der Waals surface area contributed by atoms with Crippen LogP contribution >= 0.6 is 0 Å². The van der Waals surface area contributed by atoms with Gasteiger partial charge in [0.1, 0.15) is 12.0 Å². The van der Waals surface area contributed by atoms with Crippen molar-refractivity contribution >= 4 is 5.97 Å². The lowest BCUT2D eigenvalue weighted by molar-refractivity contribution is -0.696. The van der Waals surface area contributed by atoms with Gasteiger partial charge < -0.3 is 22.8 Å². The molecule has 1 aliphatic carbocycles. The van der Waals surface area contributed by atoms with E-state index in [2.05, 4.69) is 5.32 Å². The molecule has 3 nitrogen and oxygen atoms in total. The average molecular weight is 178 g/mol. The average Bonchev–Trinajstić information content (AvgIpc) is 2.18. The predicted molar refractivity (Wildman–Crippen MR) is 34.5 cm³/mol. The fourth-order valence-corrected chi connectivity index (χ4v) is 2.36. The van der Waals surface area contributed by atoms with E-state index in [1.54, 1.807) is 0 Å². The van der Waals surface area contributed by atoms with Crippen LogP contribution in [0.3, 0.4) is 0 Å². The molecule has 0 radical (unpaired) electrons. The molecule has 0 aromatic rings. The fourth-order valence-electron chi connectivity index (χ4n) is 2.36. The van der Waals surface area contributed by atoms with E-state index >= 15 is 0 Å². The summed E-state index contributed by atoms with van der Waals surface area (Å²) in [5.74, 6) is 0.191. The maximum atomic E-state index is 10.4.